The van der Waals surface area contributed by atoms with E-state index >= 15 is 0 Å². The molecule has 0 radical (unpaired) electrons. The molecule has 0 aromatic rings. The zero-order valence-electron chi connectivity index (χ0n) is 4.52. The van der Waals surface area contributed by atoms with Crippen LogP contribution >= 0.6 is 0 Å². The summed E-state index contributed by atoms with van der Waals surface area (Å²) in [6.45, 7) is 0.202. The third kappa shape index (κ3) is 0.265. The van der Waals surface area contributed by atoms with Gasteiger partial charge in [-0.05, 0) is 18.4 Å². The van der Waals surface area contributed by atoms with Gasteiger partial charge in [-0.1, -0.05) is 0 Å². The molecule has 2 aliphatic carbocycles. The highest BCUT2D eigenvalue weighted by Gasteiger charge is 2.68. The Morgan fingerprint density at radius 1 is 1.62 bits per heavy atom. The van der Waals surface area contributed by atoms with Crippen LogP contribution in [0.25, 0.3) is 0 Å². The fraction of sp³-hybridized carbons (Fsp3) is 0.667. The highest BCUT2D eigenvalue weighted by molar-refractivity contribution is 5.60. The predicted octanol–water partition coefficient (Wildman–Crippen LogP) is 0.585. The van der Waals surface area contributed by atoms with E-state index in [-0.39, 0.29) is 12.0 Å². The van der Waals surface area contributed by atoms with Gasteiger partial charge in [0.05, 0.1) is 5.41 Å². The highest BCUT2D eigenvalue weighted by atomic mass is 16.3. The van der Waals surface area contributed by atoms with Crippen molar-refractivity contribution < 1.29 is 10.2 Å². The Kier molecular flexibility index (Phi) is 0.513. The molecule has 0 aromatic carbocycles. The van der Waals surface area contributed by atoms with E-state index in [0.29, 0.717) is 5.76 Å². The van der Waals surface area contributed by atoms with E-state index < -0.39 is 0 Å². The number of allylic oxidation sites excluding steroid dienone is 2. The Bertz CT molecular complexity index is 163. The van der Waals surface area contributed by atoms with Crippen molar-refractivity contribution in [1.29, 1.82) is 0 Å². The zero-order chi connectivity index (χ0) is 5.78. The molecule has 0 amide bonds. The molecule has 2 rings (SSSR count). The van der Waals surface area contributed by atoms with Gasteiger partial charge in [0, 0.05) is 6.61 Å². The van der Waals surface area contributed by atoms with Gasteiger partial charge in [0.1, 0.15) is 5.76 Å². The van der Waals surface area contributed by atoms with Crippen LogP contribution in [0.3, 0.4) is 0 Å². The number of hydrogen-bond donors (Lipinski definition) is 2. The minimum absolute atomic E-state index is 0.0642. The summed E-state index contributed by atoms with van der Waals surface area (Å²) in [6.07, 6.45) is 1.79. The second-order valence-corrected chi connectivity index (χ2v) is 2.56. The van der Waals surface area contributed by atoms with Gasteiger partial charge in [0.15, 0.2) is 0 Å². The highest BCUT2D eigenvalue weighted by Crippen LogP contribution is 2.74. The number of aliphatic hydroxyl groups is 2. The summed E-state index contributed by atoms with van der Waals surface area (Å²) >= 11 is 0. The second kappa shape index (κ2) is 0.935. The molecule has 0 heterocycles. The van der Waals surface area contributed by atoms with E-state index in [1.807, 2.05) is 0 Å². The lowest BCUT2D eigenvalue weighted by Crippen LogP contribution is -1.95. The zero-order valence-corrected chi connectivity index (χ0v) is 4.52. The molecule has 1 atom stereocenters. The largest absolute Gasteiger partial charge is 0.511 e. The SMILES string of the molecule is OCC[C@]12CC1=C2O. The van der Waals surface area contributed by atoms with Crippen LogP contribution in [-0.4, -0.2) is 16.8 Å². The summed E-state index contributed by atoms with van der Waals surface area (Å²) in [7, 11) is 0. The fourth-order valence-corrected chi connectivity index (χ4v) is 1.27. The molecular weight excluding hydrogens is 104 g/mol. The molecule has 2 nitrogen and oxygen atoms in total. The van der Waals surface area contributed by atoms with Gasteiger partial charge in [-0.25, -0.2) is 0 Å². The van der Waals surface area contributed by atoms with Gasteiger partial charge < -0.3 is 10.2 Å². The van der Waals surface area contributed by atoms with Crippen LogP contribution in [0, 0.1) is 5.41 Å². The lowest BCUT2D eigenvalue weighted by Gasteiger charge is -1.97. The van der Waals surface area contributed by atoms with Crippen LogP contribution in [0.15, 0.2) is 11.3 Å². The number of hydrogen-bond acceptors (Lipinski definition) is 2. The standard InChI is InChI=1S/C6H8O2/c7-2-1-6-3-4(6)5(6)8/h7-8H,1-3H2/t6-/m0/s1. The van der Waals surface area contributed by atoms with Crippen molar-refractivity contribution in [2.24, 2.45) is 5.41 Å². The van der Waals surface area contributed by atoms with Gasteiger partial charge >= 0.3 is 0 Å². The fourth-order valence-electron chi connectivity index (χ4n) is 1.27. The van der Waals surface area contributed by atoms with Gasteiger partial charge in [0.25, 0.3) is 0 Å². The maximum absolute atomic E-state index is 8.84. The summed E-state index contributed by atoms with van der Waals surface area (Å²) < 4.78 is 0. The molecule has 1 fully saturated rings. The van der Waals surface area contributed by atoms with Gasteiger partial charge in [-0.2, -0.15) is 0 Å². The molecule has 0 saturated heterocycles. The van der Waals surface area contributed by atoms with E-state index in [0.717, 1.165) is 12.8 Å². The van der Waals surface area contributed by atoms with Crippen LogP contribution in [0.2, 0.25) is 0 Å². The summed E-state index contributed by atoms with van der Waals surface area (Å²) in [5, 5.41) is 17.3. The molecular formula is C6H8O2. The van der Waals surface area contributed by atoms with E-state index in [1.165, 1.54) is 5.57 Å². The normalized spacial score (nSPS) is 39.6. The lowest BCUT2D eigenvalue weighted by atomic mass is 10.1. The smallest absolute Gasteiger partial charge is 0.103 e. The maximum Gasteiger partial charge on any atom is 0.103 e. The van der Waals surface area contributed by atoms with Crippen LogP contribution < -0.4 is 0 Å². The van der Waals surface area contributed by atoms with Crippen molar-refractivity contribution in [3.63, 3.8) is 0 Å². The average Bonchev–Trinajstić information content (AvgIpc) is 2.55. The lowest BCUT2D eigenvalue weighted by molar-refractivity contribution is 0.251. The van der Waals surface area contributed by atoms with Crippen molar-refractivity contribution in [2.45, 2.75) is 12.8 Å². The predicted molar refractivity (Wildman–Crippen MR) is 28.4 cm³/mol. The molecule has 8 heavy (non-hydrogen) atoms. The number of rotatable bonds is 2. The molecule has 0 bridgehead atoms. The first-order valence-corrected chi connectivity index (χ1v) is 2.85. The average molecular weight is 112 g/mol. The summed E-state index contributed by atoms with van der Waals surface area (Å²) in [4.78, 5) is 0. The first-order valence-electron chi connectivity index (χ1n) is 2.85. The maximum atomic E-state index is 8.84. The van der Waals surface area contributed by atoms with Gasteiger partial charge in [0.2, 0.25) is 0 Å². The van der Waals surface area contributed by atoms with Gasteiger partial charge in [-0.15, -0.1) is 0 Å². The van der Waals surface area contributed by atoms with E-state index in [4.69, 9.17) is 10.2 Å². The Labute approximate surface area is 47.5 Å². The molecule has 44 valence electrons. The first kappa shape index (κ1) is 4.39. The van der Waals surface area contributed by atoms with Crippen LogP contribution in [0.1, 0.15) is 12.8 Å². The van der Waals surface area contributed by atoms with E-state index in [2.05, 4.69) is 0 Å². The van der Waals surface area contributed by atoms with Gasteiger partial charge in [-0.3, -0.25) is 0 Å². The van der Waals surface area contributed by atoms with Crippen molar-refractivity contribution in [2.75, 3.05) is 6.61 Å². The molecule has 2 N–H and O–H groups in total. The topological polar surface area (TPSA) is 40.5 Å². The molecule has 0 aromatic heterocycles. The minimum atomic E-state index is 0.0642. The second-order valence-electron chi connectivity index (χ2n) is 2.56. The molecule has 2 heteroatoms. The monoisotopic (exact) mass is 112 g/mol. The molecule has 0 unspecified atom stereocenters. The third-order valence-corrected chi connectivity index (χ3v) is 2.15. The Hall–Kier alpha value is -0.500. The minimum Gasteiger partial charge on any atom is -0.511 e. The van der Waals surface area contributed by atoms with Crippen molar-refractivity contribution in [3.05, 3.63) is 11.3 Å². The quantitative estimate of drug-likeness (QED) is 0.548. The van der Waals surface area contributed by atoms with Crippen molar-refractivity contribution in [3.8, 4) is 0 Å². The summed E-state index contributed by atoms with van der Waals surface area (Å²) in [5.74, 6) is 0.562. The number of aliphatic hydroxyl groups excluding tert-OH is 2. The Morgan fingerprint density at radius 2 is 2.25 bits per heavy atom. The Morgan fingerprint density at radius 3 is 2.38 bits per heavy atom. The molecule has 0 spiro atoms. The van der Waals surface area contributed by atoms with Crippen LogP contribution in [0.4, 0.5) is 0 Å². The number of fused-ring (bicyclic) bond motifs is 1. The molecule has 1 saturated carbocycles. The van der Waals surface area contributed by atoms with Crippen molar-refractivity contribution in [1.82, 2.24) is 0 Å². The van der Waals surface area contributed by atoms with Crippen molar-refractivity contribution >= 4 is 0 Å². The first-order chi connectivity index (χ1) is 3.81. The molecule has 2 aliphatic rings. The van der Waals surface area contributed by atoms with Crippen LogP contribution in [0.5, 0.6) is 0 Å². The van der Waals surface area contributed by atoms with Crippen LogP contribution in [-0.2, 0) is 0 Å². The summed E-state index contributed by atoms with van der Waals surface area (Å²) in [6, 6.07) is 0. The third-order valence-electron chi connectivity index (χ3n) is 2.15. The summed E-state index contributed by atoms with van der Waals surface area (Å²) in [5.41, 5.74) is 1.25. The molecule has 0 aliphatic heterocycles. The Balaban J connectivity index is 1.98. The van der Waals surface area contributed by atoms with E-state index in [9.17, 15) is 0 Å². The van der Waals surface area contributed by atoms with E-state index in [1.54, 1.807) is 0 Å².